The van der Waals surface area contributed by atoms with E-state index in [0.29, 0.717) is 16.0 Å². The minimum atomic E-state index is -0.522. The summed E-state index contributed by atoms with van der Waals surface area (Å²) in [5, 5.41) is 3.22. The van der Waals surface area contributed by atoms with Crippen LogP contribution in [0.3, 0.4) is 0 Å². The van der Waals surface area contributed by atoms with Crippen LogP contribution in [0.2, 0.25) is 0 Å². The first kappa shape index (κ1) is 27.8. The Morgan fingerprint density at radius 3 is 1.66 bits per heavy atom. The Balaban J connectivity index is 0.000000269. The summed E-state index contributed by atoms with van der Waals surface area (Å²) in [5.41, 5.74) is 8.82. The van der Waals surface area contributed by atoms with Crippen molar-refractivity contribution in [1.82, 2.24) is 21.3 Å². The topological polar surface area (TPSA) is 90.5 Å². The summed E-state index contributed by atoms with van der Waals surface area (Å²) in [4.78, 5) is 36.9. The molecule has 0 unspecified atom stereocenters. The summed E-state index contributed by atoms with van der Waals surface area (Å²) < 4.78 is 0. The van der Waals surface area contributed by atoms with E-state index in [-0.39, 0.29) is 23.3 Å². The molecular weight excluding hydrogens is 460 g/mol. The zero-order chi connectivity index (χ0) is 26.1. The number of nitrogens with one attached hydrogen (secondary N) is 3. The summed E-state index contributed by atoms with van der Waals surface area (Å²) in [6.07, 6.45) is 0. The van der Waals surface area contributed by atoms with Crippen molar-refractivity contribution < 1.29 is 14.4 Å². The summed E-state index contributed by atoms with van der Waals surface area (Å²) in [5.74, 6) is -0.613. The van der Waals surface area contributed by atoms with Gasteiger partial charge in [0.25, 0.3) is 17.7 Å². The van der Waals surface area contributed by atoms with E-state index in [1.54, 1.807) is 42.5 Å². The van der Waals surface area contributed by atoms with Crippen molar-refractivity contribution in [2.75, 3.05) is 0 Å². The van der Waals surface area contributed by atoms with E-state index in [1.807, 2.05) is 77.3 Å². The van der Waals surface area contributed by atoms with Crippen LogP contribution in [0.5, 0.6) is 0 Å². The van der Waals surface area contributed by atoms with Gasteiger partial charge in [0.2, 0.25) is 0 Å². The molecule has 0 fully saturated rings. The first-order valence-electron chi connectivity index (χ1n) is 11.2. The smallest absolute Gasteiger partial charge is 0.282 e. The van der Waals surface area contributed by atoms with Gasteiger partial charge in [0.1, 0.15) is 0 Å². The second-order valence-corrected chi connectivity index (χ2v) is 10.7. The van der Waals surface area contributed by atoms with E-state index in [1.165, 1.54) is 16.3 Å². The summed E-state index contributed by atoms with van der Waals surface area (Å²) in [6, 6.07) is 21.5. The Morgan fingerprint density at radius 1 is 0.714 bits per heavy atom. The molecule has 0 saturated heterocycles. The number of benzene rings is 2. The first-order valence-corrected chi connectivity index (χ1v) is 12.1. The van der Waals surface area contributed by atoms with Gasteiger partial charge in [-0.1, -0.05) is 42.5 Å². The van der Waals surface area contributed by atoms with Gasteiger partial charge >= 0.3 is 0 Å². The quantitative estimate of drug-likeness (QED) is 0.443. The average Bonchev–Trinajstić information content (AvgIpc) is 3.36. The van der Waals surface area contributed by atoms with Crippen LogP contribution in [0.25, 0.3) is 0 Å². The predicted octanol–water partition coefficient (Wildman–Crippen LogP) is 5.05. The lowest BCUT2D eigenvalue weighted by Crippen LogP contribution is -2.55. The van der Waals surface area contributed by atoms with Crippen molar-refractivity contribution in [3.63, 3.8) is 0 Å². The molecule has 0 bridgehead atoms. The second-order valence-electron chi connectivity index (χ2n) is 9.79. The van der Waals surface area contributed by atoms with Crippen LogP contribution in [0.15, 0.2) is 78.2 Å². The number of thiophene rings is 1. The van der Waals surface area contributed by atoms with Gasteiger partial charge in [-0.15, -0.1) is 11.3 Å². The number of carbonyl (C=O) groups excluding carboxylic acids is 3. The predicted molar refractivity (Wildman–Crippen MR) is 141 cm³/mol. The van der Waals surface area contributed by atoms with Gasteiger partial charge in [0.05, 0.1) is 10.4 Å². The number of hydrogen-bond donors (Lipinski definition) is 3. The Kier molecular flexibility index (Phi) is 9.74. The molecule has 2 aromatic carbocycles. The van der Waals surface area contributed by atoms with Crippen LogP contribution in [0.1, 0.15) is 71.9 Å². The van der Waals surface area contributed by atoms with E-state index >= 15 is 0 Å². The van der Waals surface area contributed by atoms with Crippen LogP contribution >= 0.6 is 11.3 Å². The monoisotopic (exact) mass is 494 g/mol. The van der Waals surface area contributed by atoms with Gasteiger partial charge < -0.3 is 0 Å². The molecule has 3 amide bonds. The minimum Gasteiger partial charge on any atom is -0.287 e. The zero-order valence-corrected chi connectivity index (χ0v) is 21.9. The third-order valence-corrected chi connectivity index (χ3v) is 5.30. The van der Waals surface area contributed by atoms with Gasteiger partial charge in [-0.2, -0.15) is 0 Å². The first-order chi connectivity index (χ1) is 16.4. The standard InChI is InChI=1S/C16H18N2O2S.C11H16N2O/c1-16(2,3)18(15(20)13-10-7-11-21-13)17-14(19)12-8-5-4-6-9-12;1-11(2,3)13-12-10(14)9-7-5-4-6-8-9/h4-11H,1-3H3,(H,17,19);4-8,13H,1-3H3,(H,12,14). The zero-order valence-electron chi connectivity index (χ0n) is 21.1. The number of rotatable bonds is 4. The molecule has 8 heteroatoms. The highest BCUT2D eigenvalue weighted by Gasteiger charge is 2.30. The second kappa shape index (κ2) is 12.3. The fourth-order valence-corrected chi connectivity index (χ4v) is 3.35. The number of carbonyl (C=O) groups is 3. The summed E-state index contributed by atoms with van der Waals surface area (Å²) in [6.45, 7) is 11.6. The molecule has 1 aromatic heterocycles. The molecule has 3 N–H and O–H groups in total. The lowest BCUT2D eigenvalue weighted by Gasteiger charge is -2.35. The third kappa shape index (κ3) is 9.35. The largest absolute Gasteiger partial charge is 0.287 e. The van der Waals surface area contributed by atoms with Crippen molar-refractivity contribution in [1.29, 1.82) is 0 Å². The normalized spacial score (nSPS) is 11.0. The van der Waals surface area contributed by atoms with Crippen LogP contribution < -0.4 is 16.3 Å². The van der Waals surface area contributed by atoms with Crippen LogP contribution in [-0.2, 0) is 0 Å². The third-order valence-electron chi connectivity index (χ3n) is 4.44. The number of nitrogens with zero attached hydrogens (tertiary/aromatic N) is 1. The van der Waals surface area contributed by atoms with E-state index in [0.717, 1.165) is 0 Å². The Labute approximate surface area is 211 Å². The fraction of sp³-hybridized carbons (Fsp3) is 0.296. The lowest BCUT2D eigenvalue weighted by molar-refractivity contribution is 0.0363. The van der Waals surface area contributed by atoms with E-state index in [9.17, 15) is 14.4 Å². The fourth-order valence-electron chi connectivity index (χ4n) is 2.70. The number of amides is 3. The van der Waals surface area contributed by atoms with E-state index < -0.39 is 5.54 Å². The molecule has 1 heterocycles. The minimum absolute atomic E-state index is 0.111. The van der Waals surface area contributed by atoms with Crippen LogP contribution in [0, 0.1) is 0 Å². The molecule has 0 radical (unpaired) electrons. The highest BCUT2D eigenvalue weighted by atomic mass is 32.1. The lowest BCUT2D eigenvalue weighted by atomic mass is 10.1. The Morgan fingerprint density at radius 2 is 1.23 bits per heavy atom. The molecule has 7 nitrogen and oxygen atoms in total. The van der Waals surface area contributed by atoms with Crippen LogP contribution in [-0.4, -0.2) is 33.8 Å². The molecule has 0 saturated carbocycles. The summed E-state index contributed by atoms with van der Waals surface area (Å²) >= 11 is 1.36. The van der Waals surface area contributed by atoms with Crippen molar-refractivity contribution in [2.24, 2.45) is 0 Å². The van der Waals surface area contributed by atoms with Gasteiger partial charge in [-0.25, -0.2) is 10.4 Å². The van der Waals surface area contributed by atoms with E-state index in [4.69, 9.17) is 0 Å². The molecule has 0 aliphatic carbocycles. The van der Waals surface area contributed by atoms with Crippen LogP contribution in [0.4, 0.5) is 0 Å². The van der Waals surface area contributed by atoms with Crippen molar-refractivity contribution in [3.05, 3.63) is 94.2 Å². The highest BCUT2D eigenvalue weighted by molar-refractivity contribution is 7.12. The molecule has 35 heavy (non-hydrogen) atoms. The molecule has 3 rings (SSSR count). The maximum Gasteiger partial charge on any atom is 0.282 e. The number of hydrogen-bond acceptors (Lipinski definition) is 5. The average molecular weight is 495 g/mol. The van der Waals surface area contributed by atoms with Gasteiger partial charge in [0, 0.05) is 16.7 Å². The van der Waals surface area contributed by atoms with Crippen molar-refractivity contribution in [3.8, 4) is 0 Å². The molecule has 3 aromatic rings. The van der Waals surface area contributed by atoms with Gasteiger partial charge in [-0.05, 0) is 77.3 Å². The molecule has 0 spiro atoms. The highest BCUT2D eigenvalue weighted by Crippen LogP contribution is 2.18. The van der Waals surface area contributed by atoms with Gasteiger partial charge in [-0.3, -0.25) is 25.2 Å². The molecule has 0 atom stereocenters. The maximum atomic E-state index is 12.5. The molecule has 0 aliphatic heterocycles. The van der Waals surface area contributed by atoms with Crippen molar-refractivity contribution in [2.45, 2.75) is 52.6 Å². The number of hydrazine groups is 2. The maximum absolute atomic E-state index is 12.5. The molecule has 186 valence electrons. The van der Waals surface area contributed by atoms with Gasteiger partial charge in [0.15, 0.2) is 0 Å². The molecular formula is C27H34N4O3S. The van der Waals surface area contributed by atoms with Crippen molar-refractivity contribution >= 4 is 29.1 Å². The Bertz CT molecular complexity index is 1090. The SMILES string of the molecule is CC(C)(C)N(NC(=O)c1ccccc1)C(=O)c1cccs1.CC(C)(C)NNC(=O)c1ccccc1. The Hall–Kier alpha value is -3.49. The summed E-state index contributed by atoms with van der Waals surface area (Å²) in [7, 11) is 0. The molecule has 0 aliphatic rings. The van der Waals surface area contributed by atoms with E-state index in [2.05, 4.69) is 16.3 Å².